The summed E-state index contributed by atoms with van der Waals surface area (Å²) in [5.41, 5.74) is -0.139. The van der Waals surface area contributed by atoms with Crippen molar-refractivity contribution in [3.05, 3.63) is 53.7 Å². The van der Waals surface area contributed by atoms with E-state index in [0.29, 0.717) is 31.1 Å². The van der Waals surface area contributed by atoms with Crippen LogP contribution in [0.3, 0.4) is 0 Å². The first-order valence-electron chi connectivity index (χ1n) is 8.59. The maximum atomic E-state index is 12.6. The molecule has 5 nitrogen and oxygen atoms in total. The molecular weight excluding hydrogens is 357 g/mol. The van der Waals surface area contributed by atoms with E-state index in [4.69, 9.17) is 10.00 Å². The number of ether oxygens (including phenoxy) is 1. The third-order valence-electron chi connectivity index (χ3n) is 4.43. The van der Waals surface area contributed by atoms with Crippen LogP contribution in [-0.4, -0.2) is 49.2 Å². The van der Waals surface area contributed by atoms with Crippen LogP contribution < -0.4 is 9.64 Å². The summed E-state index contributed by atoms with van der Waals surface area (Å²) in [6.07, 6.45) is -3.48. The quantitative estimate of drug-likeness (QED) is 0.802. The van der Waals surface area contributed by atoms with E-state index < -0.39 is 11.7 Å². The normalized spacial score (nSPS) is 15.4. The average molecular weight is 376 g/mol. The van der Waals surface area contributed by atoms with E-state index in [9.17, 15) is 13.2 Å². The van der Waals surface area contributed by atoms with Crippen molar-refractivity contribution in [1.29, 1.82) is 5.26 Å². The second kappa shape index (κ2) is 8.27. The molecule has 1 aromatic carbocycles. The van der Waals surface area contributed by atoms with Crippen molar-refractivity contribution >= 4 is 5.82 Å². The van der Waals surface area contributed by atoms with Crippen LogP contribution in [0.2, 0.25) is 0 Å². The first-order chi connectivity index (χ1) is 13.0. The van der Waals surface area contributed by atoms with Gasteiger partial charge in [-0.25, -0.2) is 4.98 Å². The standard InChI is InChI=1S/C19H19F3N4O/c20-19(21,22)16-3-6-18(24-14-16)26-9-7-25(8-10-26)11-12-27-17-4-1-15(13-23)2-5-17/h1-6,14H,7-12H2. The van der Waals surface area contributed by atoms with E-state index >= 15 is 0 Å². The van der Waals surface area contributed by atoms with Gasteiger partial charge in [0, 0.05) is 38.9 Å². The van der Waals surface area contributed by atoms with Crippen LogP contribution in [0.4, 0.5) is 19.0 Å². The van der Waals surface area contributed by atoms with Gasteiger partial charge in [-0.05, 0) is 36.4 Å². The summed E-state index contributed by atoms with van der Waals surface area (Å²) < 4.78 is 43.5. The molecule has 0 aliphatic carbocycles. The first-order valence-corrected chi connectivity index (χ1v) is 8.59. The van der Waals surface area contributed by atoms with Gasteiger partial charge in [0.05, 0.1) is 17.2 Å². The minimum Gasteiger partial charge on any atom is -0.492 e. The van der Waals surface area contributed by atoms with Gasteiger partial charge in [-0.1, -0.05) is 0 Å². The van der Waals surface area contributed by atoms with E-state index in [1.807, 2.05) is 4.90 Å². The SMILES string of the molecule is N#Cc1ccc(OCCN2CCN(c3ccc(C(F)(F)F)cn3)CC2)cc1. The summed E-state index contributed by atoms with van der Waals surface area (Å²) in [5, 5.41) is 8.77. The molecule has 0 radical (unpaired) electrons. The lowest BCUT2D eigenvalue weighted by molar-refractivity contribution is -0.137. The summed E-state index contributed by atoms with van der Waals surface area (Å²) in [4.78, 5) is 8.17. The topological polar surface area (TPSA) is 52.4 Å². The Morgan fingerprint density at radius 2 is 1.74 bits per heavy atom. The van der Waals surface area contributed by atoms with E-state index in [2.05, 4.69) is 16.0 Å². The Hall–Kier alpha value is -2.79. The molecule has 27 heavy (non-hydrogen) atoms. The van der Waals surface area contributed by atoms with Crippen LogP contribution in [0.25, 0.3) is 0 Å². The minimum atomic E-state index is -4.36. The van der Waals surface area contributed by atoms with Gasteiger partial charge in [0.1, 0.15) is 18.2 Å². The molecule has 142 valence electrons. The molecule has 2 heterocycles. The number of halogens is 3. The summed E-state index contributed by atoms with van der Waals surface area (Å²) in [5.74, 6) is 1.29. The maximum absolute atomic E-state index is 12.6. The smallest absolute Gasteiger partial charge is 0.417 e. The van der Waals surface area contributed by atoms with Crippen LogP contribution in [0.15, 0.2) is 42.6 Å². The maximum Gasteiger partial charge on any atom is 0.417 e. The molecule has 0 atom stereocenters. The monoisotopic (exact) mass is 376 g/mol. The molecule has 0 bridgehead atoms. The molecule has 1 aromatic heterocycles. The molecule has 0 spiro atoms. The van der Waals surface area contributed by atoms with Crippen LogP contribution in [0, 0.1) is 11.3 Å². The molecule has 3 rings (SSSR count). The summed E-state index contributed by atoms with van der Waals surface area (Å²) in [6.45, 7) is 4.28. The number of nitriles is 1. The molecular formula is C19H19F3N4O. The zero-order valence-electron chi connectivity index (χ0n) is 14.6. The number of pyridine rings is 1. The van der Waals surface area contributed by atoms with Crippen LogP contribution in [-0.2, 0) is 6.18 Å². The lowest BCUT2D eigenvalue weighted by Crippen LogP contribution is -2.47. The fraction of sp³-hybridized carbons (Fsp3) is 0.368. The molecule has 8 heteroatoms. The molecule has 0 unspecified atom stereocenters. The van der Waals surface area contributed by atoms with Gasteiger partial charge >= 0.3 is 6.18 Å². The molecule has 1 saturated heterocycles. The Bertz CT molecular complexity index is 777. The third kappa shape index (κ3) is 5.11. The van der Waals surface area contributed by atoms with Crippen molar-refractivity contribution in [3.63, 3.8) is 0 Å². The number of benzene rings is 1. The number of piperazine rings is 1. The minimum absolute atomic E-state index is 0.532. The van der Waals surface area contributed by atoms with Gasteiger partial charge < -0.3 is 9.64 Å². The molecule has 0 saturated carbocycles. The Morgan fingerprint density at radius 3 is 2.30 bits per heavy atom. The highest BCUT2D eigenvalue weighted by Gasteiger charge is 2.31. The van der Waals surface area contributed by atoms with Gasteiger partial charge in [0.2, 0.25) is 0 Å². The van der Waals surface area contributed by atoms with Crippen LogP contribution in [0.1, 0.15) is 11.1 Å². The average Bonchev–Trinajstić information content (AvgIpc) is 2.68. The zero-order valence-corrected chi connectivity index (χ0v) is 14.6. The zero-order chi connectivity index (χ0) is 19.3. The van der Waals surface area contributed by atoms with Gasteiger partial charge in [-0.2, -0.15) is 18.4 Å². The van der Waals surface area contributed by atoms with Gasteiger partial charge in [0.15, 0.2) is 0 Å². The van der Waals surface area contributed by atoms with Gasteiger partial charge in [0.25, 0.3) is 0 Å². The Labute approximate surface area is 155 Å². The van der Waals surface area contributed by atoms with Gasteiger partial charge in [-0.15, -0.1) is 0 Å². The Morgan fingerprint density at radius 1 is 1.04 bits per heavy atom. The second-order valence-electron chi connectivity index (χ2n) is 6.22. The number of hydrogen-bond donors (Lipinski definition) is 0. The fourth-order valence-corrected chi connectivity index (χ4v) is 2.86. The summed E-state index contributed by atoms with van der Waals surface area (Å²) in [6, 6.07) is 11.5. The third-order valence-corrected chi connectivity index (χ3v) is 4.43. The largest absolute Gasteiger partial charge is 0.492 e. The number of aromatic nitrogens is 1. The Balaban J connectivity index is 1.42. The lowest BCUT2D eigenvalue weighted by atomic mass is 10.2. The number of hydrogen-bond acceptors (Lipinski definition) is 5. The van der Waals surface area contributed by atoms with Crippen molar-refractivity contribution in [2.75, 3.05) is 44.2 Å². The predicted octanol–water partition coefficient (Wildman–Crippen LogP) is 3.17. The van der Waals surface area contributed by atoms with Crippen LogP contribution >= 0.6 is 0 Å². The molecule has 1 fully saturated rings. The number of nitrogens with zero attached hydrogens (tertiary/aromatic N) is 4. The van der Waals surface area contributed by atoms with Crippen molar-refractivity contribution in [1.82, 2.24) is 9.88 Å². The van der Waals surface area contributed by atoms with E-state index in [1.54, 1.807) is 24.3 Å². The van der Waals surface area contributed by atoms with E-state index in [0.717, 1.165) is 37.6 Å². The Kier molecular flexibility index (Phi) is 5.81. The fourth-order valence-electron chi connectivity index (χ4n) is 2.86. The lowest BCUT2D eigenvalue weighted by Gasteiger charge is -2.35. The molecule has 1 aliphatic heterocycles. The first kappa shape index (κ1) is 19.0. The highest BCUT2D eigenvalue weighted by atomic mass is 19.4. The van der Waals surface area contributed by atoms with E-state index in [-0.39, 0.29) is 0 Å². The number of rotatable bonds is 5. The highest BCUT2D eigenvalue weighted by Crippen LogP contribution is 2.29. The predicted molar refractivity (Wildman–Crippen MR) is 94.5 cm³/mol. The second-order valence-corrected chi connectivity index (χ2v) is 6.22. The van der Waals surface area contributed by atoms with Crippen molar-refractivity contribution in [2.24, 2.45) is 0 Å². The van der Waals surface area contributed by atoms with Crippen molar-refractivity contribution in [2.45, 2.75) is 6.18 Å². The molecule has 1 aliphatic rings. The molecule has 0 amide bonds. The van der Waals surface area contributed by atoms with E-state index in [1.165, 1.54) is 6.07 Å². The van der Waals surface area contributed by atoms with Crippen LogP contribution in [0.5, 0.6) is 5.75 Å². The van der Waals surface area contributed by atoms with Gasteiger partial charge in [-0.3, -0.25) is 4.90 Å². The van der Waals surface area contributed by atoms with Crippen molar-refractivity contribution in [3.8, 4) is 11.8 Å². The molecule has 0 N–H and O–H groups in total. The summed E-state index contributed by atoms with van der Waals surface area (Å²) in [7, 11) is 0. The molecule has 2 aromatic rings. The summed E-state index contributed by atoms with van der Waals surface area (Å²) >= 11 is 0. The highest BCUT2D eigenvalue weighted by molar-refractivity contribution is 5.40. The number of anilines is 1. The van der Waals surface area contributed by atoms with Crippen molar-refractivity contribution < 1.29 is 17.9 Å². The number of alkyl halides is 3.